The van der Waals surface area contributed by atoms with Crippen LogP contribution in [0.4, 0.5) is 0 Å². The van der Waals surface area contributed by atoms with Crippen LogP contribution < -0.4 is 5.32 Å². The minimum absolute atomic E-state index is 0.234. The monoisotopic (exact) mass is 249 g/mol. The summed E-state index contributed by atoms with van der Waals surface area (Å²) in [5.74, 6) is 1.36. The van der Waals surface area contributed by atoms with Crippen molar-refractivity contribution in [2.45, 2.75) is 57.0 Å². The largest absolute Gasteiger partial charge is 0.396 e. The van der Waals surface area contributed by atoms with Crippen molar-refractivity contribution < 1.29 is 5.11 Å². The molecule has 1 aromatic rings. The van der Waals surface area contributed by atoms with E-state index in [0.717, 1.165) is 38.2 Å². The normalized spacial score (nSPS) is 28.1. The number of nitrogens with zero attached hydrogens (tertiary/aromatic N) is 2. The number of rotatable bonds is 3. The first kappa shape index (κ1) is 12.2. The standard InChI is InChI=1S/C14H23N3O/c18-10-11-4-3-7-17-9-13(16-14(11)17)8-12-5-1-2-6-15-12/h9,11-12,15,18H,1-8,10H2. The van der Waals surface area contributed by atoms with Gasteiger partial charge in [0.25, 0.3) is 0 Å². The average Bonchev–Trinajstić information content (AvgIpc) is 2.82. The molecule has 2 aliphatic rings. The molecular formula is C14H23N3O. The zero-order valence-corrected chi connectivity index (χ0v) is 10.9. The van der Waals surface area contributed by atoms with Crippen LogP contribution in [-0.2, 0) is 13.0 Å². The van der Waals surface area contributed by atoms with E-state index in [9.17, 15) is 5.11 Å². The third-order valence-electron chi connectivity index (χ3n) is 4.26. The van der Waals surface area contributed by atoms with Gasteiger partial charge in [-0.3, -0.25) is 0 Å². The molecular weight excluding hydrogens is 226 g/mol. The maximum absolute atomic E-state index is 9.40. The molecule has 4 nitrogen and oxygen atoms in total. The summed E-state index contributed by atoms with van der Waals surface area (Å²) in [6.07, 6.45) is 9.40. The Morgan fingerprint density at radius 3 is 3.06 bits per heavy atom. The number of hydrogen-bond donors (Lipinski definition) is 2. The Kier molecular flexibility index (Phi) is 3.66. The second-order valence-corrected chi connectivity index (χ2v) is 5.66. The number of imidazole rings is 1. The summed E-state index contributed by atoms with van der Waals surface area (Å²) in [6, 6.07) is 0.600. The minimum Gasteiger partial charge on any atom is -0.396 e. The Balaban J connectivity index is 1.71. The first-order valence-corrected chi connectivity index (χ1v) is 7.27. The van der Waals surface area contributed by atoms with E-state index in [1.54, 1.807) is 0 Å². The zero-order valence-electron chi connectivity index (χ0n) is 10.9. The molecule has 0 amide bonds. The Hall–Kier alpha value is -0.870. The summed E-state index contributed by atoms with van der Waals surface area (Å²) in [7, 11) is 0. The van der Waals surface area contributed by atoms with Gasteiger partial charge in [0.1, 0.15) is 5.82 Å². The number of hydrogen-bond acceptors (Lipinski definition) is 3. The van der Waals surface area contributed by atoms with Crippen molar-refractivity contribution in [2.75, 3.05) is 13.2 Å². The molecule has 0 radical (unpaired) electrons. The Bertz CT molecular complexity index is 396. The van der Waals surface area contributed by atoms with Crippen LogP contribution in [0.2, 0.25) is 0 Å². The third kappa shape index (κ3) is 2.45. The summed E-state index contributed by atoms with van der Waals surface area (Å²) < 4.78 is 2.25. The molecule has 18 heavy (non-hydrogen) atoms. The van der Waals surface area contributed by atoms with E-state index in [0.29, 0.717) is 6.04 Å². The van der Waals surface area contributed by atoms with Crippen LogP contribution in [0.5, 0.6) is 0 Å². The van der Waals surface area contributed by atoms with Gasteiger partial charge in [-0.15, -0.1) is 0 Å². The number of fused-ring (bicyclic) bond motifs is 1. The second kappa shape index (κ2) is 5.41. The van der Waals surface area contributed by atoms with Crippen LogP contribution in [0.3, 0.4) is 0 Å². The zero-order chi connectivity index (χ0) is 12.4. The quantitative estimate of drug-likeness (QED) is 0.852. The van der Waals surface area contributed by atoms with Crippen molar-refractivity contribution in [3.63, 3.8) is 0 Å². The second-order valence-electron chi connectivity index (χ2n) is 5.66. The summed E-state index contributed by atoms with van der Waals surface area (Å²) in [5.41, 5.74) is 1.20. The smallest absolute Gasteiger partial charge is 0.114 e. The van der Waals surface area contributed by atoms with E-state index in [1.807, 2.05) is 0 Å². The Morgan fingerprint density at radius 1 is 1.33 bits per heavy atom. The average molecular weight is 249 g/mol. The third-order valence-corrected chi connectivity index (χ3v) is 4.26. The molecule has 2 atom stereocenters. The van der Waals surface area contributed by atoms with Gasteiger partial charge < -0.3 is 15.0 Å². The van der Waals surface area contributed by atoms with Crippen LogP contribution in [-0.4, -0.2) is 33.9 Å². The summed E-state index contributed by atoms with van der Waals surface area (Å²) >= 11 is 0. The molecule has 2 N–H and O–H groups in total. The van der Waals surface area contributed by atoms with Gasteiger partial charge in [0.2, 0.25) is 0 Å². The Morgan fingerprint density at radius 2 is 2.28 bits per heavy atom. The van der Waals surface area contributed by atoms with E-state index in [1.165, 1.54) is 25.0 Å². The molecule has 0 bridgehead atoms. The van der Waals surface area contributed by atoms with E-state index >= 15 is 0 Å². The van der Waals surface area contributed by atoms with Gasteiger partial charge in [-0.05, 0) is 32.2 Å². The molecule has 0 saturated carbocycles. The molecule has 1 saturated heterocycles. The maximum atomic E-state index is 9.40. The molecule has 100 valence electrons. The van der Waals surface area contributed by atoms with Crippen LogP contribution in [0.1, 0.15) is 49.5 Å². The molecule has 2 aliphatic heterocycles. The number of aryl methyl sites for hydroxylation is 1. The van der Waals surface area contributed by atoms with Gasteiger partial charge in [-0.2, -0.15) is 0 Å². The van der Waals surface area contributed by atoms with Gasteiger partial charge in [-0.25, -0.2) is 4.98 Å². The molecule has 4 heteroatoms. The topological polar surface area (TPSA) is 50.1 Å². The molecule has 0 spiro atoms. The van der Waals surface area contributed by atoms with E-state index in [2.05, 4.69) is 16.1 Å². The lowest BCUT2D eigenvalue weighted by atomic mass is 10.0. The highest BCUT2D eigenvalue weighted by Crippen LogP contribution is 2.26. The highest BCUT2D eigenvalue weighted by Gasteiger charge is 2.23. The van der Waals surface area contributed by atoms with Crippen molar-refractivity contribution in [3.8, 4) is 0 Å². The minimum atomic E-state index is 0.234. The molecule has 1 aromatic heterocycles. The number of aliphatic hydroxyl groups excluding tert-OH is 1. The van der Waals surface area contributed by atoms with Crippen molar-refractivity contribution in [1.82, 2.24) is 14.9 Å². The van der Waals surface area contributed by atoms with E-state index in [4.69, 9.17) is 4.98 Å². The molecule has 1 fully saturated rings. The SMILES string of the molecule is OCC1CCCn2cc(CC3CCCCN3)nc21. The first-order valence-electron chi connectivity index (χ1n) is 7.27. The predicted octanol–water partition coefficient (Wildman–Crippen LogP) is 1.44. The van der Waals surface area contributed by atoms with Gasteiger partial charge in [0.15, 0.2) is 0 Å². The number of piperidine rings is 1. The van der Waals surface area contributed by atoms with Crippen LogP contribution in [0.25, 0.3) is 0 Å². The first-order chi connectivity index (χ1) is 8.86. The van der Waals surface area contributed by atoms with E-state index in [-0.39, 0.29) is 12.5 Å². The summed E-state index contributed by atoms with van der Waals surface area (Å²) in [5, 5.41) is 13.0. The van der Waals surface area contributed by atoms with Crippen molar-refractivity contribution in [1.29, 1.82) is 0 Å². The highest BCUT2D eigenvalue weighted by atomic mass is 16.3. The fraction of sp³-hybridized carbons (Fsp3) is 0.786. The predicted molar refractivity (Wildman–Crippen MR) is 70.6 cm³/mol. The number of nitrogens with one attached hydrogen (secondary N) is 1. The lowest BCUT2D eigenvalue weighted by Gasteiger charge is -2.22. The summed E-state index contributed by atoms with van der Waals surface area (Å²) in [6.45, 7) is 2.45. The lowest BCUT2D eigenvalue weighted by Crippen LogP contribution is -2.35. The van der Waals surface area contributed by atoms with Crippen molar-refractivity contribution >= 4 is 0 Å². The van der Waals surface area contributed by atoms with Crippen LogP contribution in [0, 0.1) is 0 Å². The highest BCUT2D eigenvalue weighted by molar-refractivity contribution is 5.12. The Labute approximate surface area is 108 Å². The van der Waals surface area contributed by atoms with E-state index < -0.39 is 0 Å². The van der Waals surface area contributed by atoms with Crippen molar-refractivity contribution in [3.05, 3.63) is 17.7 Å². The summed E-state index contributed by atoms with van der Waals surface area (Å²) in [4.78, 5) is 4.76. The fourth-order valence-corrected chi connectivity index (χ4v) is 3.25. The van der Waals surface area contributed by atoms with Gasteiger partial charge >= 0.3 is 0 Å². The molecule has 3 heterocycles. The molecule has 0 aromatic carbocycles. The molecule has 2 unspecified atom stereocenters. The van der Waals surface area contributed by atoms with Crippen molar-refractivity contribution in [2.24, 2.45) is 0 Å². The van der Waals surface area contributed by atoms with Crippen LogP contribution >= 0.6 is 0 Å². The molecule has 0 aliphatic carbocycles. The number of aromatic nitrogens is 2. The number of aliphatic hydroxyl groups is 1. The maximum Gasteiger partial charge on any atom is 0.114 e. The van der Waals surface area contributed by atoms with Gasteiger partial charge in [-0.1, -0.05) is 6.42 Å². The fourth-order valence-electron chi connectivity index (χ4n) is 3.25. The molecule has 3 rings (SSSR count). The lowest BCUT2D eigenvalue weighted by molar-refractivity contribution is 0.238. The van der Waals surface area contributed by atoms with Gasteiger partial charge in [0.05, 0.1) is 12.3 Å². The van der Waals surface area contributed by atoms with Crippen LogP contribution in [0.15, 0.2) is 6.20 Å². The van der Waals surface area contributed by atoms with Gasteiger partial charge in [0, 0.05) is 31.1 Å².